The number of fused-ring (bicyclic) bond motifs is 3. The second-order valence-electron chi connectivity index (χ2n) is 7.14. The van der Waals surface area contributed by atoms with Gasteiger partial charge in [0.15, 0.2) is 0 Å². The Morgan fingerprint density at radius 1 is 0.929 bits per heavy atom. The van der Waals surface area contributed by atoms with Crippen LogP contribution in [0.5, 0.6) is 0 Å². The number of hydrogen-bond acceptors (Lipinski definition) is 5. The fourth-order valence-corrected chi connectivity index (χ4v) is 4.84. The third-order valence-electron chi connectivity index (χ3n) is 5.29. The smallest absolute Gasteiger partial charge is 0.339 e. The first-order valence-electron chi connectivity index (χ1n) is 9.71. The molecule has 0 saturated heterocycles. The molecule has 2 aromatic heterocycles. The summed E-state index contributed by atoms with van der Waals surface area (Å²) in [7, 11) is 0. The fraction of sp³-hybridized carbons (Fsp3) is 0.261. The van der Waals surface area contributed by atoms with Gasteiger partial charge in [-0.05, 0) is 49.4 Å². The first-order valence-corrected chi connectivity index (χ1v) is 10.5. The largest absolute Gasteiger partial charge is 0.455 e. The van der Waals surface area contributed by atoms with Crippen LogP contribution in [0.15, 0.2) is 48.5 Å². The molecule has 2 heterocycles. The van der Waals surface area contributed by atoms with E-state index in [0.29, 0.717) is 5.56 Å². The van der Waals surface area contributed by atoms with Gasteiger partial charge in [-0.15, -0.1) is 11.3 Å². The van der Waals surface area contributed by atoms with Crippen molar-refractivity contribution in [2.24, 2.45) is 0 Å². The molecule has 2 aromatic carbocycles. The van der Waals surface area contributed by atoms with Crippen LogP contribution < -0.4 is 0 Å². The van der Waals surface area contributed by atoms with E-state index < -0.39 is 0 Å². The Morgan fingerprint density at radius 2 is 1.71 bits per heavy atom. The molecule has 0 bridgehead atoms. The summed E-state index contributed by atoms with van der Waals surface area (Å²) in [5, 5.41) is 1.71. The zero-order chi connectivity index (χ0) is 18.9. The molecule has 0 aliphatic heterocycles. The molecule has 0 atom stereocenters. The van der Waals surface area contributed by atoms with Gasteiger partial charge in [-0.25, -0.2) is 9.78 Å². The predicted octanol–water partition coefficient (Wildman–Crippen LogP) is 5.47. The number of aromatic nitrogens is 2. The van der Waals surface area contributed by atoms with Gasteiger partial charge < -0.3 is 4.74 Å². The highest BCUT2D eigenvalue weighted by molar-refractivity contribution is 7.18. The number of pyridine rings is 1. The highest BCUT2D eigenvalue weighted by atomic mass is 32.1. The SMILES string of the molecule is O=C(OCc1nc2ccccc2s1)c1c2c(nc3ccccc13)CCCCC2. The average Bonchev–Trinajstić information content (AvgIpc) is 3.00. The number of esters is 1. The van der Waals surface area contributed by atoms with Crippen LogP contribution in [0.4, 0.5) is 0 Å². The van der Waals surface area contributed by atoms with Crippen molar-refractivity contribution in [1.29, 1.82) is 0 Å². The van der Waals surface area contributed by atoms with E-state index in [0.717, 1.165) is 63.1 Å². The first kappa shape index (κ1) is 17.3. The minimum atomic E-state index is -0.268. The molecule has 5 rings (SSSR count). The molecule has 4 nitrogen and oxygen atoms in total. The van der Waals surface area contributed by atoms with Crippen molar-refractivity contribution < 1.29 is 9.53 Å². The number of rotatable bonds is 3. The van der Waals surface area contributed by atoms with Gasteiger partial charge in [0.05, 0.1) is 21.3 Å². The maximum absolute atomic E-state index is 13.2. The Hall–Kier alpha value is -2.79. The van der Waals surface area contributed by atoms with Crippen molar-refractivity contribution in [3.8, 4) is 0 Å². The Kier molecular flexibility index (Phi) is 4.53. The molecule has 0 fully saturated rings. The summed E-state index contributed by atoms with van der Waals surface area (Å²) in [5.74, 6) is -0.268. The van der Waals surface area contributed by atoms with E-state index in [9.17, 15) is 4.79 Å². The zero-order valence-corrected chi connectivity index (χ0v) is 16.3. The normalized spacial score (nSPS) is 14.0. The number of benzene rings is 2. The van der Waals surface area contributed by atoms with Gasteiger partial charge in [0, 0.05) is 11.1 Å². The first-order chi connectivity index (χ1) is 13.8. The summed E-state index contributed by atoms with van der Waals surface area (Å²) < 4.78 is 6.85. The molecule has 0 N–H and O–H groups in total. The maximum Gasteiger partial charge on any atom is 0.339 e. The Balaban J connectivity index is 1.50. The van der Waals surface area contributed by atoms with Crippen molar-refractivity contribution in [2.75, 3.05) is 0 Å². The van der Waals surface area contributed by atoms with Crippen LogP contribution in [0.25, 0.3) is 21.1 Å². The number of hydrogen-bond donors (Lipinski definition) is 0. The summed E-state index contributed by atoms with van der Waals surface area (Å²) >= 11 is 1.57. The molecule has 5 heteroatoms. The second kappa shape index (κ2) is 7.32. The number of thiazole rings is 1. The molecular weight excluding hydrogens is 368 g/mol. The number of aryl methyl sites for hydroxylation is 1. The minimum absolute atomic E-state index is 0.198. The third-order valence-corrected chi connectivity index (χ3v) is 6.30. The zero-order valence-electron chi connectivity index (χ0n) is 15.5. The van der Waals surface area contributed by atoms with E-state index in [4.69, 9.17) is 9.72 Å². The van der Waals surface area contributed by atoms with Crippen molar-refractivity contribution in [1.82, 2.24) is 9.97 Å². The monoisotopic (exact) mass is 388 g/mol. The lowest BCUT2D eigenvalue weighted by Gasteiger charge is -2.14. The summed E-state index contributed by atoms with van der Waals surface area (Å²) in [4.78, 5) is 22.6. The van der Waals surface area contributed by atoms with Gasteiger partial charge in [0.1, 0.15) is 11.6 Å². The van der Waals surface area contributed by atoms with E-state index in [1.807, 2.05) is 48.5 Å². The average molecular weight is 388 g/mol. The molecule has 0 radical (unpaired) electrons. The van der Waals surface area contributed by atoms with E-state index in [-0.39, 0.29) is 12.6 Å². The lowest BCUT2D eigenvalue weighted by Crippen LogP contribution is -2.12. The third kappa shape index (κ3) is 3.16. The van der Waals surface area contributed by atoms with E-state index >= 15 is 0 Å². The van der Waals surface area contributed by atoms with Crippen LogP contribution >= 0.6 is 11.3 Å². The molecular formula is C23H20N2O2S. The quantitative estimate of drug-likeness (QED) is 0.345. The number of carbonyl (C=O) groups excluding carboxylic acids is 1. The lowest BCUT2D eigenvalue weighted by atomic mass is 9.97. The molecule has 0 amide bonds. The van der Waals surface area contributed by atoms with Crippen molar-refractivity contribution in [3.63, 3.8) is 0 Å². The molecule has 0 unspecified atom stereocenters. The van der Waals surface area contributed by atoms with E-state index in [2.05, 4.69) is 4.98 Å². The van der Waals surface area contributed by atoms with Gasteiger partial charge in [0.25, 0.3) is 0 Å². The number of para-hydroxylation sites is 2. The number of ether oxygens (including phenoxy) is 1. The topological polar surface area (TPSA) is 52.1 Å². The maximum atomic E-state index is 13.2. The Bertz CT molecular complexity index is 1150. The number of nitrogens with zero attached hydrogens (tertiary/aromatic N) is 2. The summed E-state index contributed by atoms with van der Waals surface area (Å²) in [6.07, 6.45) is 5.20. The molecule has 0 saturated carbocycles. The van der Waals surface area contributed by atoms with Gasteiger partial charge in [-0.2, -0.15) is 0 Å². The summed E-state index contributed by atoms with van der Waals surface area (Å²) in [6, 6.07) is 15.9. The van der Waals surface area contributed by atoms with Crippen molar-refractivity contribution >= 4 is 38.4 Å². The van der Waals surface area contributed by atoms with Gasteiger partial charge >= 0.3 is 5.97 Å². The Morgan fingerprint density at radius 3 is 2.61 bits per heavy atom. The highest BCUT2D eigenvalue weighted by Crippen LogP contribution is 2.30. The van der Waals surface area contributed by atoms with Crippen LogP contribution in [0.1, 0.15) is 45.9 Å². The predicted molar refractivity (Wildman–Crippen MR) is 112 cm³/mol. The summed E-state index contributed by atoms with van der Waals surface area (Å²) in [6.45, 7) is 0.198. The highest BCUT2D eigenvalue weighted by Gasteiger charge is 2.23. The van der Waals surface area contributed by atoms with Crippen LogP contribution in [0, 0.1) is 0 Å². The van der Waals surface area contributed by atoms with Crippen LogP contribution in [-0.4, -0.2) is 15.9 Å². The molecule has 1 aliphatic carbocycles. The van der Waals surface area contributed by atoms with Gasteiger partial charge in [0.2, 0.25) is 0 Å². The van der Waals surface area contributed by atoms with Crippen molar-refractivity contribution in [3.05, 3.63) is 70.4 Å². The standard InChI is InChI=1S/C23H20N2O2S/c26-23(27-14-21-25-19-12-6-7-13-20(19)28-21)22-15-8-2-1-3-10-17(15)24-18-11-5-4-9-16(18)22/h4-7,9,11-13H,1-3,8,10,14H2. The van der Waals surface area contributed by atoms with E-state index in [1.165, 1.54) is 6.42 Å². The van der Waals surface area contributed by atoms with Crippen LogP contribution in [0.3, 0.4) is 0 Å². The van der Waals surface area contributed by atoms with Gasteiger partial charge in [-0.3, -0.25) is 4.98 Å². The number of carbonyl (C=O) groups is 1. The molecule has 28 heavy (non-hydrogen) atoms. The molecule has 4 aromatic rings. The van der Waals surface area contributed by atoms with Crippen molar-refractivity contribution in [2.45, 2.75) is 38.7 Å². The minimum Gasteiger partial charge on any atom is -0.455 e. The Labute approximate surface area is 167 Å². The molecule has 140 valence electrons. The van der Waals surface area contributed by atoms with Gasteiger partial charge in [-0.1, -0.05) is 36.8 Å². The molecule has 0 spiro atoms. The molecule has 1 aliphatic rings. The van der Waals surface area contributed by atoms with Crippen LogP contribution in [0.2, 0.25) is 0 Å². The lowest BCUT2D eigenvalue weighted by molar-refractivity contribution is 0.0473. The summed E-state index contributed by atoms with van der Waals surface area (Å²) in [5.41, 5.74) is 4.65. The van der Waals surface area contributed by atoms with Crippen LogP contribution in [-0.2, 0) is 24.2 Å². The fourth-order valence-electron chi connectivity index (χ4n) is 3.96. The second-order valence-corrected chi connectivity index (χ2v) is 8.26. The van der Waals surface area contributed by atoms with E-state index in [1.54, 1.807) is 11.3 Å².